The van der Waals surface area contributed by atoms with Gasteiger partial charge in [0.05, 0.1) is 12.3 Å². The molecule has 136 valence electrons. The van der Waals surface area contributed by atoms with Gasteiger partial charge in [0.15, 0.2) is 5.82 Å². The molecule has 1 fully saturated rings. The van der Waals surface area contributed by atoms with Crippen LogP contribution >= 0.6 is 11.3 Å². The molecule has 1 aromatic carbocycles. The van der Waals surface area contributed by atoms with Crippen LogP contribution in [-0.2, 0) is 7.05 Å². The number of thiophene rings is 1. The lowest BCUT2D eigenvalue weighted by atomic mass is 10.1. The number of aliphatic hydroxyl groups excluding tert-OH is 1. The number of nitrogens with zero attached hydrogens (tertiary/aromatic N) is 3. The summed E-state index contributed by atoms with van der Waals surface area (Å²) >= 11 is 1.57. The third-order valence-corrected chi connectivity index (χ3v) is 5.50. The van der Waals surface area contributed by atoms with E-state index in [2.05, 4.69) is 20.6 Å². The Bertz CT molecular complexity index is 1000. The first-order chi connectivity index (χ1) is 12.6. The largest absolute Gasteiger partial charge is 0.393 e. The highest BCUT2D eigenvalue weighted by Crippen LogP contribution is 2.34. The van der Waals surface area contributed by atoms with Crippen LogP contribution in [0.15, 0.2) is 30.6 Å². The van der Waals surface area contributed by atoms with Gasteiger partial charge in [-0.3, -0.25) is 9.78 Å². The number of rotatable bonds is 1. The van der Waals surface area contributed by atoms with Gasteiger partial charge in [-0.1, -0.05) is 0 Å². The SMILES string of the molecule is Cn1cc2cc(-c3cc4cn[nH]c4s3)cc(F)c2n1.OC1CCNCC1. The summed E-state index contributed by atoms with van der Waals surface area (Å²) in [7, 11) is 1.79. The van der Waals surface area contributed by atoms with Crippen LogP contribution in [0, 0.1) is 5.82 Å². The topological polar surface area (TPSA) is 78.8 Å². The van der Waals surface area contributed by atoms with Gasteiger partial charge in [0.2, 0.25) is 0 Å². The summed E-state index contributed by atoms with van der Waals surface area (Å²) in [5.74, 6) is -0.289. The smallest absolute Gasteiger partial charge is 0.151 e. The van der Waals surface area contributed by atoms with Crippen molar-refractivity contribution in [3.05, 3.63) is 36.4 Å². The number of H-pyrrole nitrogens is 1. The van der Waals surface area contributed by atoms with E-state index in [4.69, 9.17) is 5.11 Å². The van der Waals surface area contributed by atoms with Gasteiger partial charge in [-0.05, 0) is 49.7 Å². The number of hydrogen-bond donors (Lipinski definition) is 3. The minimum absolute atomic E-state index is 0.0266. The minimum atomic E-state index is -0.289. The maximum atomic E-state index is 14.0. The molecule has 0 spiro atoms. The van der Waals surface area contributed by atoms with Gasteiger partial charge in [-0.15, -0.1) is 11.3 Å². The Labute approximate surface area is 153 Å². The summed E-state index contributed by atoms with van der Waals surface area (Å²) in [4.78, 5) is 2.02. The van der Waals surface area contributed by atoms with Gasteiger partial charge in [-0.2, -0.15) is 10.2 Å². The van der Waals surface area contributed by atoms with E-state index in [1.165, 1.54) is 6.07 Å². The van der Waals surface area contributed by atoms with Crippen molar-refractivity contribution in [2.75, 3.05) is 13.1 Å². The molecule has 3 aromatic heterocycles. The molecule has 8 heteroatoms. The molecule has 0 aliphatic carbocycles. The summed E-state index contributed by atoms with van der Waals surface area (Å²) in [6.45, 7) is 1.97. The molecule has 4 aromatic rings. The molecule has 5 rings (SSSR count). The number of halogens is 1. The van der Waals surface area contributed by atoms with E-state index in [0.29, 0.717) is 5.52 Å². The number of aliphatic hydroxyl groups is 1. The van der Waals surface area contributed by atoms with Crippen molar-refractivity contribution in [2.24, 2.45) is 7.05 Å². The summed E-state index contributed by atoms with van der Waals surface area (Å²) in [6, 6.07) is 5.51. The van der Waals surface area contributed by atoms with Gasteiger partial charge in [0.25, 0.3) is 0 Å². The van der Waals surface area contributed by atoms with Crippen LogP contribution in [0.5, 0.6) is 0 Å². The van der Waals surface area contributed by atoms with Crippen LogP contribution in [0.3, 0.4) is 0 Å². The third-order valence-electron chi connectivity index (χ3n) is 4.40. The number of aryl methyl sites for hydroxylation is 1. The number of piperidine rings is 1. The number of aromatic nitrogens is 4. The zero-order chi connectivity index (χ0) is 18.1. The number of hydrogen-bond acceptors (Lipinski definition) is 5. The second kappa shape index (κ2) is 7.14. The Morgan fingerprint density at radius 1 is 1.23 bits per heavy atom. The molecule has 0 amide bonds. The van der Waals surface area contributed by atoms with E-state index in [1.807, 2.05) is 18.3 Å². The van der Waals surface area contributed by atoms with Crippen LogP contribution in [0.2, 0.25) is 0 Å². The van der Waals surface area contributed by atoms with Crippen molar-refractivity contribution in [1.29, 1.82) is 0 Å². The van der Waals surface area contributed by atoms with Crippen LogP contribution in [0.1, 0.15) is 12.8 Å². The molecule has 6 nitrogen and oxygen atoms in total. The Morgan fingerprint density at radius 2 is 2.04 bits per heavy atom. The molecule has 3 N–H and O–H groups in total. The minimum Gasteiger partial charge on any atom is -0.393 e. The second-order valence-electron chi connectivity index (χ2n) is 6.44. The van der Waals surface area contributed by atoms with Crippen molar-refractivity contribution in [3.63, 3.8) is 0 Å². The predicted molar refractivity (Wildman–Crippen MR) is 102 cm³/mol. The molecule has 1 aliphatic heterocycles. The van der Waals surface area contributed by atoms with Crippen LogP contribution in [0.25, 0.3) is 31.6 Å². The third kappa shape index (κ3) is 3.48. The lowest BCUT2D eigenvalue weighted by Gasteiger charge is -2.16. The number of aromatic amines is 1. The summed E-state index contributed by atoms with van der Waals surface area (Å²) in [5, 5.41) is 24.9. The first-order valence-electron chi connectivity index (χ1n) is 8.55. The molecule has 1 aliphatic rings. The molecule has 0 saturated carbocycles. The molecule has 0 bridgehead atoms. The Hall–Kier alpha value is -2.29. The fourth-order valence-electron chi connectivity index (χ4n) is 3.05. The second-order valence-corrected chi connectivity index (χ2v) is 7.50. The van der Waals surface area contributed by atoms with Gasteiger partial charge in [0.1, 0.15) is 10.3 Å². The zero-order valence-electron chi connectivity index (χ0n) is 14.4. The monoisotopic (exact) mass is 373 g/mol. The quantitative estimate of drug-likeness (QED) is 0.479. The van der Waals surface area contributed by atoms with Crippen molar-refractivity contribution >= 4 is 32.5 Å². The Morgan fingerprint density at radius 3 is 2.73 bits per heavy atom. The van der Waals surface area contributed by atoms with E-state index in [9.17, 15) is 4.39 Å². The highest BCUT2D eigenvalue weighted by atomic mass is 32.1. The Balaban J connectivity index is 0.000000204. The van der Waals surface area contributed by atoms with Gasteiger partial charge in [0, 0.05) is 28.9 Å². The van der Waals surface area contributed by atoms with Crippen molar-refractivity contribution in [3.8, 4) is 10.4 Å². The van der Waals surface area contributed by atoms with Crippen molar-refractivity contribution in [1.82, 2.24) is 25.3 Å². The molecule has 0 radical (unpaired) electrons. The van der Waals surface area contributed by atoms with Gasteiger partial charge < -0.3 is 10.4 Å². The van der Waals surface area contributed by atoms with Crippen LogP contribution < -0.4 is 5.32 Å². The molecular weight excluding hydrogens is 353 g/mol. The average molecular weight is 373 g/mol. The van der Waals surface area contributed by atoms with E-state index in [1.54, 1.807) is 29.3 Å². The predicted octanol–water partition coefficient (Wildman–Crippen LogP) is 3.05. The highest BCUT2D eigenvalue weighted by molar-refractivity contribution is 7.21. The average Bonchev–Trinajstić information content (AvgIpc) is 3.29. The van der Waals surface area contributed by atoms with E-state index >= 15 is 0 Å². The number of benzene rings is 1. The Kier molecular flexibility index (Phi) is 4.71. The van der Waals surface area contributed by atoms with E-state index in [0.717, 1.165) is 52.0 Å². The van der Waals surface area contributed by atoms with Gasteiger partial charge >= 0.3 is 0 Å². The summed E-state index contributed by atoms with van der Waals surface area (Å²) in [5.41, 5.74) is 1.28. The fourth-order valence-corrected chi connectivity index (χ4v) is 4.02. The van der Waals surface area contributed by atoms with Gasteiger partial charge in [-0.25, -0.2) is 4.39 Å². The first-order valence-corrected chi connectivity index (χ1v) is 9.37. The molecule has 4 heterocycles. The zero-order valence-corrected chi connectivity index (χ0v) is 15.2. The van der Waals surface area contributed by atoms with E-state index < -0.39 is 0 Å². The number of nitrogens with one attached hydrogen (secondary N) is 2. The summed E-state index contributed by atoms with van der Waals surface area (Å²) < 4.78 is 15.7. The number of fused-ring (bicyclic) bond motifs is 2. The summed E-state index contributed by atoms with van der Waals surface area (Å²) in [6.07, 6.45) is 5.43. The standard InChI is InChI=1S/C13H9FN4S.C5H11NO/c1-18-6-9-2-7(3-10(14)12(9)17-18)11-4-8-5-15-16-13(8)19-11;7-5-1-3-6-4-2-5/h2-6H,1H3,(H,15,16);5-7H,1-4H2. The normalized spacial score (nSPS) is 15.3. The molecule has 1 saturated heterocycles. The molecule has 0 atom stereocenters. The first kappa shape index (κ1) is 17.1. The highest BCUT2D eigenvalue weighted by Gasteiger charge is 2.11. The molecular formula is C18H20FN5OS. The molecule has 26 heavy (non-hydrogen) atoms. The lowest BCUT2D eigenvalue weighted by Crippen LogP contribution is -2.30. The van der Waals surface area contributed by atoms with Crippen molar-refractivity contribution in [2.45, 2.75) is 18.9 Å². The maximum Gasteiger partial charge on any atom is 0.151 e. The molecule has 0 unspecified atom stereocenters. The maximum absolute atomic E-state index is 14.0. The van der Waals surface area contributed by atoms with Crippen LogP contribution in [-0.4, -0.2) is 44.3 Å². The van der Waals surface area contributed by atoms with Crippen molar-refractivity contribution < 1.29 is 9.50 Å². The van der Waals surface area contributed by atoms with Crippen LogP contribution in [0.4, 0.5) is 4.39 Å². The fraction of sp³-hybridized carbons (Fsp3) is 0.333. The lowest BCUT2D eigenvalue weighted by molar-refractivity contribution is 0.137. The van der Waals surface area contributed by atoms with E-state index in [-0.39, 0.29) is 11.9 Å².